The maximum Gasteiger partial charge on any atom is 0.306 e. The smallest absolute Gasteiger partial charge is 0.306 e. The third kappa shape index (κ3) is 49.7. The average Bonchev–Trinajstić information content (AvgIpc) is 3.28. The minimum Gasteiger partial charge on any atom is -0.462 e. The molecule has 0 amide bonds. The molecule has 0 N–H and O–H groups in total. The molecule has 0 spiro atoms. The van der Waals surface area contributed by atoms with Gasteiger partial charge in [0, 0.05) is 19.3 Å². The van der Waals surface area contributed by atoms with Crippen molar-refractivity contribution in [2.75, 3.05) is 13.2 Å². The highest BCUT2D eigenvalue weighted by molar-refractivity contribution is 5.71. The van der Waals surface area contributed by atoms with Gasteiger partial charge in [-0.1, -0.05) is 216 Å². The second-order valence-electron chi connectivity index (χ2n) is 17.4. The Labute approximate surface area is 389 Å². The normalized spacial score (nSPS) is 12.6. The molecule has 6 nitrogen and oxygen atoms in total. The lowest BCUT2D eigenvalue weighted by Crippen LogP contribution is -2.30. The molecule has 0 aromatic rings. The lowest BCUT2D eigenvalue weighted by molar-refractivity contribution is -0.167. The number of hydrogen-bond donors (Lipinski definition) is 0. The van der Waals surface area contributed by atoms with Crippen LogP contribution in [-0.2, 0) is 28.6 Å². The highest BCUT2D eigenvalue weighted by Crippen LogP contribution is 2.14. The molecule has 6 heteroatoms. The molecule has 0 aliphatic carbocycles. The molecule has 63 heavy (non-hydrogen) atoms. The number of hydrogen-bond acceptors (Lipinski definition) is 6. The maximum absolute atomic E-state index is 12.8. The molecule has 0 saturated carbocycles. The Kier molecular flexibility index (Phi) is 48.9. The third-order valence-electron chi connectivity index (χ3n) is 11.2. The van der Waals surface area contributed by atoms with Crippen molar-refractivity contribution in [2.45, 2.75) is 258 Å². The van der Waals surface area contributed by atoms with Gasteiger partial charge in [-0.15, -0.1) is 0 Å². The van der Waals surface area contributed by atoms with Gasteiger partial charge in [0.15, 0.2) is 6.10 Å². The molecule has 362 valence electrons. The molecular formula is C57H98O6. The first-order valence-corrected chi connectivity index (χ1v) is 26.4. The van der Waals surface area contributed by atoms with Crippen molar-refractivity contribution in [3.05, 3.63) is 72.9 Å². The van der Waals surface area contributed by atoms with E-state index in [0.29, 0.717) is 19.3 Å². The van der Waals surface area contributed by atoms with Crippen LogP contribution in [0, 0.1) is 0 Å². The first-order valence-electron chi connectivity index (χ1n) is 26.4. The van der Waals surface area contributed by atoms with Crippen LogP contribution in [0.4, 0.5) is 0 Å². The Morgan fingerprint density at radius 3 is 1.00 bits per heavy atom. The molecule has 0 aromatic heterocycles. The van der Waals surface area contributed by atoms with E-state index < -0.39 is 6.10 Å². The van der Waals surface area contributed by atoms with Gasteiger partial charge in [-0.2, -0.15) is 0 Å². The monoisotopic (exact) mass is 879 g/mol. The number of ether oxygens (including phenoxy) is 3. The predicted molar refractivity (Wildman–Crippen MR) is 270 cm³/mol. The van der Waals surface area contributed by atoms with E-state index in [4.69, 9.17) is 14.2 Å². The summed E-state index contributed by atoms with van der Waals surface area (Å²) in [5.74, 6) is -0.901. The molecule has 0 rings (SSSR count). The zero-order chi connectivity index (χ0) is 45.8. The second-order valence-corrected chi connectivity index (χ2v) is 17.4. The van der Waals surface area contributed by atoms with Gasteiger partial charge in [0.1, 0.15) is 13.2 Å². The fourth-order valence-electron chi connectivity index (χ4n) is 7.23. The Morgan fingerprint density at radius 2 is 0.619 bits per heavy atom. The number of unbranched alkanes of at least 4 members (excludes halogenated alkanes) is 24. The fourth-order valence-corrected chi connectivity index (χ4v) is 7.23. The molecule has 0 aliphatic rings. The van der Waals surface area contributed by atoms with Gasteiger partial charge in [0.25, 0.3) is 0 Å². The van der Waals surface area contributed by atoms with Crippen LogP contribution in [0.15, 0.2) is 72.9 Å². The van der Waals surface area contributed by atoms with Gasteiger partial charge < -0.3 is 14.2 Å². The molecular weight excluding hydrogens is 781 g/mol. The van der Waals surface area contributed by atoms with Gasteiger partial charge in [0.05, 0.1) is 0 Å². The minimum absolute atomic E-state index is 0.0806. The summed E-state index contributed by atoms with van der Waals surface area (Å²) in [5, 5.41) is 0. The van der Waals surface area contributed by atoms with E-state index in [1.807, 2.05) is 0 Å². The summed E-state index contributed by atoms with van der Waals surface area (Å²) < 4.78 is 16.7. The average molecular weight is 879 g/mol. The number of esters is 3. The standard InChI is InChI=1S/C57H98O6/c1-4-7-10-13-16-18-20-22-24-26-27-28-29-31-32-34-36-38-41-44-47-50-56(59)62-53-54(52-61-55(58)49-46-43-40-15-12-9-6-3)63-57(60)51-48-45-42-39-37-35-33-30-25-23-21-19-17-14-11-8-5-2/h7,10,16-19,22-25,27-28,54H,4-6,8-9,11-15,20-21,26,29-53H2,1-3H3/b10-7-,18-16-,19-17-,24-22-,25-23-,28-27-. The zero-order valence-electron chi connectivity index (χ0n) is 41.3. The number of allylic oxidation sites excluding steroid dienone is 12. The Hall–Kier alpha value is -3.15. The van der Waals surface area contributed by atoms with Gasteiger partial charge in [-0.3, -0.25) is 14.4 Å². The molecule has 1 atom stereocenters. The zero-order valence-corrected chi connectivity index (χ0v) is 41.3. The molecule has 0 radical (unpaired) electrons. The van der Waals surface area contributed by atoms with Crippen LogP contribution >= 0.6 is 0 Å². The summed E-state index contributed by atoms with van der Waals surface area (Å²) in [7, 11) is 0. The lowest BCUT2D eigenvalue weighted by Gasteiger charge is -2.18. The Bertz CT molecular complexity index is 1190. The van der Waals surface area contributed by atoms with Crippen LogP contribution in [0.2, 0.25) is 0 Å². The molecule has 0 aliphatic heterocycles. The van der Waals surface area contributed by atoms with Crippen molar-refractivity contribution in [1.82, 2.24) is 0 Å². The van der Waals surface area contributed by atoms with E-state index in [0.717, 1.165) is 103 Å². The molecule has 0 fully saturated rings. The number of rotatable bonds is 47. The van der Waals surface area contributed by atoms with Crippen LogP contribution in [0.1, 0.15) is 252 Å². The summed E-state index contributed by atoms with van der Waals surface area (Å²) in [6, 6.07) is 0. The van der Waals surface area contributed by atoms with Crippen molar-refractivity contribution in [3.63, 3.8) is 0 Å². The molecule has 0 bridgehead atoms. The summed E-state index contributed by atoms with van der Waals surface area (Å²) in [6.07, 6.45) is 64.7. The van der Waals surface area contributed by atoms with Crippen molar-refractivity contribution in [1.29, 1.82) is 0 Å². The van der Waals surface area contributed by atoms with Gasteiger partial charge in [-0.05, 0) is 89.9 Å². The van der Waals surface area contributed by atoms with E-state index in [2.05, 4.69) is 93.7 Å². The van der Waals surface area contributed by atoms with E-state index >= 15 is 0 Å². The first kappa shape index (κ1) is 59.9. The highest BCUT2D eigenvalue weighted by Gasteiger charge is 2.19. The summed E-state index contributed by atoms with van der Waals surface area (Å²) in [6.45, 7) is 6.45. The summed E-state index contributed by atoms with van der Waals surface area (Å²) in [4.78, 5) is 37.8. The van der Waals surface area contributed by atoms with Crippen molar-refractivity contribution in [3.8, 4) is 0 Å². The quantitative estimate of drug-likeness (QED) is 0.0262. The second kappa shape index (κ2) is 51.5. The highest BCUT2D eigenvalue weighted by atomic mass is 16.6. The number of carbonyl (C=O) groups is 3. The molecule has 1 unspecified atom stereocenters. The fraction of sp³-hybridized carbons (Fsp3) is 0.737. The summed E-state index contributed by atoms with van der Waals surface area (Å²) in [5.41, 5.74) is 0. The van der Waals surface area contributed by atoms with Gasteiger partial charge in [-0.25, -0.2) is 0 Å². The topological polar surface area (TPSA) is 78.9 Å². The molecule has 0 saturated heterocycles. The van der Waals surface area contributed by atoms with Crippen LogP contribution in [0.25, 0.3) is 0 Å². The van der Waals surface area contributed by atoms with E-state index in [-0.39, 0.29) is 31.1 Å². The maximum atomic E-state index is 12.8. The van der Waals surface area contributed by atoms with Crippen molar-refractivity contribution >= 4 is 17.9 Å². The van der Waals surface area contributed by atoms with Crippen LogP contribution in [-0.4, -0.2) is 37.2 Å². The van der Waals surface area contributed by atoms with E-state index in [9.17, 15) is 14.4 Å². The van der Waals surface area contributed by atoms with E-state index in [1.54, 1.807) is 0 Å². The van der Waals surface area contributed by atoms with E-state index in [1.165, 1.54) is 109 Å². The third-order valence-corrected chi connectivity index (χ3v) is 11.2. The Balaban J connectivity index is 4.26. The Morgan fingerprint density at radius 1 is 0.333 bits per heavy atom. The molecule has 0 aromatic carbocycles. The predicted octanol–water partition coefficient (Wildman–Crippen LogP) is 17.4. The largest absolute Gasteiger partial charge is 0.462 e. The van der Waals surface area contributed by atoms with Crippen LogP contribution < -0.4 is 0 Å². The van der Waals surface area contributed by atoms with Gasteiger partial charge >= 0.3 is 17.9 Å². The SMILES string of the molecule is CC/C=C\C/C=C\C/C=C\C/C=C\CCCCCCCCCCC(=O)OCC(COC(=O)CCCCCCCCC)OC(=O)CCCCCCCCC/C=C\C/C=C\CCCCC. The van der Waals surface area contributed by atoms with Crippen LogP contribution in [0.3, 0.4) is 0 Å². The number of carbonyl (C=O) groups excluding carboxylic acids is 3. The minimum atomic E-state index is -0.779. The molecule has 0 heterocycles. The van der Waals surface area contributed by atoms with Gasteiger partial charge in [0.2, 0.25) is 0 Å². The first-order chi connectivity index (χ1) is 31.0. The lowest BCUT2D eigenvalue weighted by atomic mass is 10.1. The van der Waals surface area contributed by atoms with Crippen molar-refractivity contribution < 1.29 is 28.6 Å². The summed E-state index contributed by atoms with van der Waals surface area (Å²) >= 11 is 0. The van der Waals surface area contributed by atoms with Crippen molar-refractivity contribution in [2.24, 2.45) is 0 Å². The van der Waals surface area contributed by atoms with Crippen LogP contribution in [0.5, 0.6) is 0 Å².